The van der Waals surface area contributed by atoms with Gasteiger partial charge in [-0.05, 0) is 55.0 Å². The first kappa shape index (κ1) is 17.9. The second-order valence-electron chi connectivity index (χ2n) is 6.19. The highest BCUT2D eigenvalue weighted by atomic mass is 19.1. The third kappa shape index (κ3) is 3.36. The van der Waals surface area contributed by atoms with E-state index in [4.69, 9.17) is 4.74 Å². The van der Waals surface area contributed by atoms with E-state index in [9.17, 15) is 4.39 Å². The lowest BCUT2D eigenvalue weighted by Crippen LogP contribution is -1.99. The van der Waals surface area contributed by atoms with Crippen LogP contribution in [0.3, 0.4) is 0 Å². The average molecular weight is 374 g/mol. The monoisotopic (exact) mass is 374 g/mol. The first-order chi connectivity index (χ1) is 13.7. The fraction of sp³-hybridized carbons (Fsp3) is 0.136. The minimum Gasteiger partial charge on any atom is -0.494 e. The van der Waals surface area contributed by atoms with Gasteiger partial charge in [0, 0.05) is 36.0 Å². The number of rotatable bonds is 5. The highest BCUT2D eigenvalue weighted by Crippen LogP contribution is 2.32. The fourth-order valence-corrected chi connectivity index (χ4v) is 3.09. The van der Waals surface area contributed by atoms with Crippen molar-refractivity contribution in [3.8, 4) is 28.3 Å². The van der Waals surface area contributed by atoms with Crippen LogP contribution in [0.1, 0.15) is 6.92 Å². The Bertz CT molecular complexity index is 1130. The van der Waals surface area contributed by atoms with Gasteiger partial charge in [-0.25, -0.2) is 14.4 Å². The van der Waals surface area contributed by atoms with Crippen LogP contribution in [0, 0.1) is 5.82 Å². The van der Waals surface area contributed by atoms with Gasteiger partial charge in [-0.2, -0.15) is 0 Å². The molecule has 0 amide bonds. The van der Waals surface area contributed by atoms with Gasteiger partial charge in [0.1, 0.15) is 17.4 Å². The zero-order valence-electron chi connectivity index (χ0n) is 15.6. The van der Waals surface area contributed by atoms with E-state index in [0.29, 0.717) is 29.6 Å². The van der Waals surface area contributed by atoms with Crippen molar-refractivity contribution >= 4 is 16.7 Å². The molecule has 4 rings (SSSR count). The average Bonchev–Trinajstić information content (AvgIpc) is 2.74. The Labute approximate surface area is 162 Å². The number of halogens is 1. The summed E-state index contributed by atoms with van der Waals surface area (Å²) >= 11 is 0. The zero-order valence-corrected chi connectivity index (χ0v) is 15.6. The van der Waals surface area contributed by atoms with E-state index in [0.717, 1.165) is 22.0 Å². The van der Waals surface area contributed by atoms with Gasteiger partial charge in [-0.3, -0.25) is 4.98 Å². The van der Waals surface area contributed by atoms with E-state index in [1.54, 1.807) is 31.6 Å². The SMILES string of the molecule is CCOc1ccc(F)c(-c2ccc3nc(-c4cccnc4)nc(NC)c3c2)c1. The molecule has 28 heavy (non-hydrogen) atoms. The lowest BCUT2D eigenvalue weighted by molar-refractivity contribution is 0.340. The Morgan fingerprint density at radius 2 is 1.93 bits per heavy atom. The lowest BCUT2D eigenvalue weighted by atomic mass is 10.0. The Morgan fingerprint density at radius 3 is 2.68 bits per heavy atom. The molecule has 0 saturated carbocycles. The van der Waals surface area contributed by atoms with Crippen LogP contribution in [0.15, 0.2) is 60.9 Å². The molecule has 0 aliphatic heterocycles. The van der Waals surface area contributed by atoms with Crippen LogP contribution in [0.4, 0.5) is 10.2 Å². The Kier molecular flexibility index (Phi) is 4.85. The number of benzene rings is 2. The van der Waals surface area contributed by atoms with Gasteiger partial charge in [0.25, 0.3) is 0 Å². The van der Waals surface area contributed by atoms with Crippen molar-refractivity contribution in [2.75, 3.05) is 19.0 Å². The molecule has 2 heterocycles. The molecule has 0 fully saturated rings. The third-order valence-corrected chi connectivity index (χ3v) is 4.41. The second kappa shape index (κ2) is 7.60. The normalized spacial score (nSPS) is 10.8. The molecule has 0 atom stereocenters. The van der Waals surface area contributed by atoms with E-state index >= 15 is 0 Å². The largest absolute Gasteiger partial charge is 0.494 e. The minimum atomic E-state index is -0.304. The maximum Gasteiger partial charge on any atom is 0.163 e. The van der Waals surface area contributed by atoms with Crippen molar-refractivity contribution in [2.24, 2.45) is 0 Å². The Morgan fingerprint density at radius 1 is 1.04 bits per heavy atom. The first-order valence-electron chi connectivity index (χ1n) is 9.02. The van der Waals surface area contributed by atoms with Crippen LogP contribution in [0.2, 0.25) is 0 Å². The molecule has 4 aromatic rings. The smallest absolute Gasteiger partial charge is 0.163 e. The minimum absolute atomic E-state index is 0.304. The first-order valence-corrected chi connectivity index (χ1v) is 9.02. The summed E-state index contributed by atoms with van der Waals surface area (Å²) in [5, 5.41) is 3.93. The number of hydrogen-bond donors (Lipinski definition) is 1. The van der Waals surface area contributed by atoms with Gasteiger partial charge in [-0.15, -0.1) is 0 Å². The van der Waals surface area contributed by atoms with Crippen molar-refractivity contribution in [1.82, 2.24) is 15.0 Å². The highest BCUT2D eigenvalue weighted by Gasteiger charge is 2.12. The van der Waals surface area contributed by atoms with E-state index in [1.165, 1.54) is 6.07 Å². The molecule has 2 aromatic carbocycles. The third-order valence-electron chi connectivity index (χ3n) is 4.41. The number of pyridine rings is 1. The van der Waals surface area contributed by atoms with Crippen molar-refractivity contribution < 1.29 is 9.13 Å². The summed E-state index contributed by atoms with van der Waals surface area (Å²) in [5.74, 6) is 1.59. The van der Waals surface area contributed by atoms with Crippen molar-refractivity contribution in [1.29, 1.82) is 0 Å². The number of anilines is 1. The summed E-state index contributed by atoms with van der Waals surface area (Å²) in [4.78, 5) is 13.4. The van der Waals surface area contributed by atoms with Crippen LogP contribution in [-0.2, 0) is 0 Å². The second-order valence-corrected chi connectivity index (χ2v) is 6.19. The topological polar surface area (TPSA) is 59.9 Å². The van der Waals surface area contributed by atoms with E-state index < -0.39 is 0 Å². The predicted molar refractivity (Wildman–Crippen MR) is 109 cm³/mol. The number of ether oxygens (including phenoxy) is 1. The summed E-state index contributed by atoms with van der Waals surface area (Å²) in [6, 6.07) is 14.1. The number of nitrogens with one attached hydrogen (secondary N) is 1. The summed E-state index contributed by atoms with van der Waals surface area (Å²) in [7, 11) is 1.80. The molecule has 140 valence electrons. The molecule has 5 nitrogen and oxygen atoms in total. The van der Waals surface area contributed by atoms with Crippen LogP contribution in [0.5, 0.6) is 5.75 Å². The molecule has 0 saturated heterocycles. The van der Waals surface area contributed by atoms with E-state index in [-0.39, 0.29) is 5.82 Å². The van der Waals surface area contributed by atoms with Gasteiger partial charge in [0.15, 0.2) is 5.82 Å². The molecule has 2 aromatic heterocycles. The van der Waals surface area contributed by atoms with Gasteiger partial charge < -0.3 is 10.1 Å². The lowest BCUT2D eigenvalue weighted by Gasteiger charge is -2.11. The van der Waals surface area contributed by atoms with Gasteiger partial charge >= 0.3 is 0 Å². The molecular formula is C22H19FN4O. The van der Waals surface area contributed by atoms with Gasteiger partial charge in [0.2, 0.25) is 0 Å². The molecule has 0 aliphatic rings. The van der Waals surface area contributed by atoms with Crippen molar-refractivity contribution in [3.05, 3.63) is 66.7 Å². The molecule has 0 spiro atoms. The Hall–Kier alpha value is -3.54. The maximum absolute atomic E-state index is 14.5. The summed E-state index contributed by atoms with van der Waals surface area (Å²) in [6.07, 6.45) is 3.43. The number of aromatic nitrogens is 3. The van der Waals surface area contributed by atoms with E-state index in [2.05, 4.69) is 20.3 Å². The standard InChI is InChI=1S/C22H19FN4O/c1-3-28-16-7-8-19(23)17(12-16)14-6-9-20-18(11-14)22(24-2)27-21(26-20)15-5-4-10-25-13-15/h4-13H,3H2,1-2H3,(H,24,26,27). The molecule has 1 N–H and O–H groups in total. The summed E-state index contributed by atoms with van der Waals surface area (Å²) in [6.45, 7) is 2.42. The summed E-state index contributed by atoms with van der Waals surface area (Å²) in [5.41, 5.74) is 2.82. The summed E-state index contributed by atoms with van der Waals surface area (Å²) < 4.78 is 20.0. The molecule has 0 aliphatic carbocycles. The maximum atomic E-state index is 14.5. The molecular weight excluding hydrogens is 355 g/mol. The molecule has 0 bridgehead atoms. The van der Waals surface area contributed by atoms with Crippen molar-refractivity contribution in [3.63, 3.8) is 0 Å². The highest BCUT2D eigenvalue weighted by molar-refractivity contribution is 5.94. The molecule has 6 heteroatoms. The van der Waals surface area contributed by atoms with Crippen molar-refractivity contribution in [2.45, 2.75) is 6.92 Å². The van der Waals surface area contributed by atoms with Crippen LogP contribution < -0.4 is 10.1 Å². The van der Waals surface area contributed by atoms with Gasteiger partial charge in [0.05, 0.1) is 12.1 Å². The molecule has 0 radical (unpaired) electrons. The quantitative estimate of drug-likeness (QED) is 0.536. The van der Waals surface area contributed by atoms with Crippen LogP contribution >= 0.6 is 0 Å². The van der Waals surface area contributed by atoms with E-state index in [1.807, 2.05) is 37.3 Å². The predicted octanol–water partition coefficient (Wildman–Crippen LogP) is 4.94. The van der Waals surface area contributed by atoms with Crippen LogP contribution in [0.25, 0.3) is 33.4 Å². The fourth-order valence-electron chi connectivity index (χ4n) is 3.09. The zero-order chi connectivity index (χ0) is 19.5. The molecule has 0 unspecified atom stereocenters. The number of nitrogens with zero attached hydrogens (tertiary/aromatic N) is 3. The van der Waals surface area contributed by atoms with Gasteiger partial charge in [-0.1, -0.05) is 6.07 Å². The number of hydrogen-bond acceptors (Lipinski definition) is 5. The van der Waals surface area contributed by atoms with Crippen LogP contribution in [-0.4, -0.2) is 28.6 Å². The number of fused-ring (bicyclic) bond motifs is 1. The Balaban J connectivity index is 1.85.